The Hall–Kier alpha value is -2.77. The fraction of sp³-hybridized carbons (Fsp3) is 0.440. The van der Waals surface area contributed by atoms with E-state index in [-0.39, 0.29) is 43.7 Å². The van der Waals surface area contributed by atoms with E-state index in [1.54, 1.807) is 36.7 Å². The molecule has 0 saturated carbocycles. The summed E-state index contributed by atoms with van der Waals surface area (Å²) in [5, 5.41) is 0.386. The number of aromatic nitrogens is 1. The Labute approximate surface area is 198 Å². The van der Waals surface area contributed by atoms with Gasteiger partial charge in [-0.3, -0.25) is 24.3 Å². The minimum atomic E-state index is -1.29. The molecule has 0 radical (unpaired) electrons. The van der Waals surface area contributed by atoms with Crippen LogP contribution in [0.15, 0.2) is 48.8 Å². The van der Waals surface area contributed by atoms with Gasteiger partial charge in [0, 0.05) is 50.5 Å². The third-order valence-corrected chi connectivity index (χ3v) is 7.12. The quantitative estimate of drug-likeness (QED) is 0.582. The van der Waals surface area contributed by atoms with Crippen molar-refractivity contribution in [1.29, 1.82) is 0 Å². The molecule has 0 unspecified atom stereocenters. The first-order chi connectivity index (χ1) is 16.0. The summed E-state index contributed by atoms with van der Waals surface area (Å²) in [6, 6.07) is 11.0. The molecule has 2 aromatic rings. The molecule has 2 fully saturated rings. The monoisotopic (exact) mass is 469 g/mol. The highest BCUT2D eigenvalue weighted by molar-refractivity contribution is 6.32. The molecule has 1 aromatic heterocycles. The SMILES string of the molecule is COCCN1C(=O)C[C@@](CC(=O)N2CCC(c3ccncc3)CC2)(c2ccccc2Cl)C1=O. The number of rotatable bonds is 7. The molecule has 2 aliphatic rings. The molecule has 2 saturated heterocycles. The highest BCUT2D eigenvalue weighted by Crippen LogP contribution is 2.43. The molecule has 4 rings (SSSR count). The summed E-state index contributed by atoms with van der Waals surface area (Å²) >= 11 is 6.48. The van der Waals surface area contributed by atoms with Crippen LogP contribution in [0.1, 0.15) is 42.7 Å². The average Bonchev–Trinajstić information content (AvgIpc) is 3.07. The van der Waals surface area contributed by atoms with E-state index in [0.29, 0.717) is 29.6 Å². The van der Waals surface area contributed by atoms with Crippen LogP contribution in [-0.4, -0.2) is 65.9 Å². The van der Waals surface area contributed by atoms with E-state index < -0.39 is 5.41 Å². The van der Waals surface area contributed by atoms with Crippen LogP contribution in [0.2, 0.25) is 5.02 Å². The maximum atomic E-state index is 13.6. The number of piperidine rings is 1. The summed E-state index contributed by atoms with van der Waals surface area (Å²) in [4.78, 5) is 46.9. The van der Waals surface area contributed by atoms with Gasteiger partial charge in [0.1, 0.15) is 0 Å². The van der Waals surface area contributed by atoms with Gasteiger partial charge < -0.3 is 9.64 Å². The van der Waals surface area contributed by atoms with Gasteiger partial charge in [0.05, 0.1) is 18.6 Å². The molecule has 1 aromatic carbocycles. The van der Waals surface area contributed by atoms with E-state index in [9.17, 15) is 14.4 Å². The molecular weight excluding hydrogens is 442 g/mol. The van der Waals surface area contributed by atoms with Crippen molar-refractivity contribution >= 4 is 29.3 Å². The maximum absolute atomic E-state index is 13.6. The molecule has 33 heavy (non-hydrogen) atoms. The summed E-state index contributed by atoms with van der Waals surface area (Å²) < 4.78 is 5.07. The second-order valence-electron chi connectivity index (χ2n) is 8.69. The zero-order chi connectivity index (χ0) is 23.4. The number of methoxy groups -OCH3 is 1. The smallest absolute Gasteiger partial charge is 0.241 e. The van der Waals surface area contributed by atoms with Crippen molar-refractivity contribution in [2.45, 2.75) is 37.0 Å². The number of imide groups is 1. The van der Waals surface area contributed by atoms with Gasteiger partial charge in [0.15, 0.2) is 0 Å². The van der Waals surface area contributed by atoms with Gasteiger partial charge in [-0.1, -0.05) is 29.8 Å². The molecule has 0 aliphatic carbocycles. The second-order valence-corrected chi connectivity index (χ2v) is 9.10. The Balaban J connectivity index is 1.54. The zero-order valence-corrected chi connectivity index (χ0v) is 19.5. The average molecular weight is 470 g/mol. The fourth-order valence-electron chi connectivity index (χ4n) is 4.97. The first-order valence-electron chi connectivity index (χ1n) is 11.2. The van der Waals surface area contributed by atoms with Crippen molar-refractivity contribution < 1.29 is 19.1 Å². The number of pyridine rings is 1. The maximum Gasteiger partial charge on any atom is 0.241 e. The number of amides is 3. The number of ether oxygens (including phenoxy) is 1. The summed E-state index contributed by atoms with van der Waals surface area (Å²) in [7, 11) is 1.52. The van der Waals surface area contributed by atoms with Crippen LogP contribution in [0.4, 0.5) is 0 Å². The molecular formula is C25H28ClN3O4. The van der Waals surface area contributed by atoms with Crippen LogP contribution < -0.4 is 0 Å². The van der Waals surface area contributed by atoms with Gasteiger partial charge in [-0.2, -0.15) is 0 Å². The van der Waals surface area contributed by atoms with Gasteiger partial charge >= 0.3 is 0 Å². The fourth-order valence-corrected chi connectivity index (χ4v) is 5.29. The molecule has 174 valence electrons. The molecule has 0 spiro atoms. The number of benzene rings is 1. The number of carbonyl (C=O) groups is 3. The Morgan fingerprint density at radius 1 is 1.15 bits per heavy atom. The normalized spacial score (nSPS) is 21.6. The van der Waals surface area contributed by atoms with Gasteiger partial charge in [-0.15, -0.1) is 0 Å². The van der Waals surface area contributed by atoms with Crippen LogP contribution in [0.25, 0.3) is 0 Å². The summed E-state index contributed by atoms with van der Waals surface area (Å²) in [5.74, 6) is -0.425. The Kier molecular flexibility index (Phi) is 7.10. The van der Waals surface area contributed by atoms with Crippen molar-refractivity contribution in [3.05, 3.63) is 64.9 Å². The van der Waals surface area contributed by atoms with Gasteiger partial charge in [0.2, 0.25) is 17.7 Å². The molecule has 3 heterocycles. The zero-order valence-electron chi connectivity index (χ0n) is 18.7. The first kappa shape index (κ1) is 23.4. The topological polar surface area (TPSA) is 79.8 Å². The Morgan fingerprint density at radius 2 is 1.85 bits per heavy atom. The van der Waals surface area contributed by atoms with Crippen molar-refractivity contribution in [3.63, 3.8) is 0 Å². The third-order valence-electron chi connectivity index (χ3n) is 6.80. The standard InChI is InChI=1S/C25H28ClN3O4/c1-33-15-14-29-23(31)17-25(24(29)32,20-4-2-3-5-21(20)26)16-22(30)28-12-8-19(9-13-28)18-6-10-27-11-7-18/h2-7,10-11,19H,8-9,12-17H2,1H3/t25-/m0/s1. The summed E-state index contributed by atoms with van der Waals surface area (Å²) in [6.07, 6.45) is 5.13. The second kappa shape index (κ2) is 10.0. The van der Waals surface area contributed by atoms with Crippen LogP contribution in [0.5, 0.6) is 0 Å². The number of nitrogens with zero attached hydrogens (tertiary/aromatic N) is 3. The predicted molar refractivity (Wildman–Crippen MR) is 124 cm³/mol. The van der Waals surface area contributed by atoms with E-state index in [1.807, 2.05) is 17.0 Å². The van der Waals surface area contributed by atoms with E-state index in [2.05, 4.69) is 4.98 Å². The highest BCUT2D eigenvalue weighted by Gasteiger charge is 2.54. The molecule has 7 nitrogen and oxygen atoms in total. The van der Waals surface area contributed by atoms with Crippen LogP contribution in [-0.2, 0) is 24.5 Å². The largest absolute Gasteiger partial charge is 0.383 e. The van der Waals surface area contributed by atoms with E-state index in [0.717, 1.165) is 12.8 Å². The number of hydrogen-bond donors (Lipinski definition) is 0. The van der Waals surface area contributed by atoms with Crippen molar-refractivity contribution in [3.8, 4) is 0 Å². The molecule has 0 bridgehead atoms. The lowest BCUT2D eigenvalue weighted by molar-refractivity contribution is -0.143. The van der Waals surface area contributed by atoms with E-state index in [1.165, 1.54) is 17.6 Å². The lowest BCUT2D eigenvalue weighted by atomic mass is 9.75. The van der Waals surface area contributed by atoms with Crippen molar-refractivity contribution in [2.24, 2.45) is 0 Å². The predicted octanol–water partition coefficient (Wildman–Crippen LogP) is 3.17. The first-order valence-corrected chi connectivity index (χ1v) is 11.6. The van der Waals surface area contributed by atoms with Gasteiger partial charge in [0.25, 0.3) is 0 Å². The molecule has 2 aliphatic heterocycles. The van der Waals surface area contributed by atoms with Crippen LogP contribution >= 0.6 is 11.6 Å². The Bertz CT molecular complexity index is 1020. The molecule has 3 amide bonds. The van der Waals surface area contributed by atoms with Gasteiger partial charge in [-0.05, 0) is 48.1 Å². The molecule has 0 N–H and O–H groups in total. The minimum absolute atomic E-state index is 0.0709. The number of halogens is 1. The number of likely N-dealkylation sites (tertiary alicyclic amines) is 2. The lowest BCUT2D eigenvalue weighted by Gasteiger charge is -2.35. The van der Waals surface area contributed by atoms with Crippen LogP contribution in [0.3, 0.4) is 0 Å². The summed E-state index contributed by atoms with van der Waals surface area (Å²) in [5.41, 5.74) is 0.474. The molecule has 1 atom stereocenters. The third kappa shape index (κ3) is 4.66. The molecule has 8 heteroatoms. The highest BCUT2D eigenvalue weighted by atomic mass is 35.5. The minimum Gasteiger partial charge on any atom is -0.383 e. The lowest BCUT2D eigenvalue weighted by Crippen LogP contribution is -2.45. The van der Waals surface area contributed by atoms with Gasteiger partial charge in [-0.25, -0.2) is 0 Å². The van der Waals surface area contributed by atoms with Crippen LogP contribution in [0, 0.1) is 0 Å². The van der Waals surface area contributed by atoms with Crippen molar-refractivity contribution in [2.75, 3.05) is 33.4 Å². The van der Waals surface area contributed by atoms with E-state index in [4.69, 9.17) is 16.3 Å². The van der Waals surface area contributed by atoms with E-state index >= 15 is 0 Å². The number of hydrogen-bond acceptors (Lipinski definition) is 5. The van der Waals surface area contributed by atoms with Crippen molar-refractivity contribution in [1.82, 2.24) is 14.8 Å². The number of carbonyl (C=O) groups excluding carboxylic acids is 3. The Morgan fingerprint density at radius 3 is 2.52 bits per heavy atom. The summed E-state index contributed by atoms with van der Waals surface area (Å²) in [6.45, 7) is 1.62.